The van der Waals surface area contributed by atoms with E-state index in [0.717, 1.165) is 11.1 Å². The highest BCUT2D eigenvalue weighted by Gasteiger charge is 2.21. The number of ether oxygens (including phenoxy) is 5. The second kappa shape index (κ2) is 14.2. The van der Waals surface area contributed by atoms with Gasteiger partial charge in [0.25, 0.3) is 5.91 Å². The van der Waals surface area contributed by atoms with E-state index in [2.05, 4.69) is 56.2 Å². The Morgan fingerprint density at radius 1 is 0.925 bits per heavy atom. The molecule has 0 unspecified atom stereocenters. The van der Waals surface area contributed by atoms with Crippen molar-refractivity contribution in [2.45, 2.75) is 26.7 Å². The topological polar surface area (TPSA) is 105 Å². The van der Waals surface area contributed by atoms with E-state index in [-0.39, 0.29) is 23.8 Å². The Balaban J connectivity index is 1.76. The van der Waals surface area contributed by atoms with Crippen molar-refractivity contribution in [3.63, 3.8) is 0 Å². The van der Waals surface area contributed by atoms with Gasteiger partial charge in [-0.3, -0.25) is 4.79 Å². The lowest BCUT2D eigenvalue weighted by Crippen LogP contribution is -2.25. The van der Waals surface area contributed by atoms with Crippen molar-refractivity contribution in [3.8, 4) is 28.7 Å². The Kier molecular flexibility index (Phi) is 11.0. The molecule has 0 aliphatic rings. The van der Waals surface area contributed by atoms with Gasteiger partial charge < -0.3 is 23.7 Å². The third-order valence-electron chi connectivity index (χ3n) is 5.68. The summed E-state index contributed by atoms with van der Waals surface area (Å²) >= 11 is 6.85. The van der Waals surface area contributed by atoms with E-state index in [1.165, 1.54) is 39.7 Å². The number of rotatable bonds is 11. The predicted molar refractivity (Wildman–Crippen MR) is 159 cm³/mol. The molecule has 9 nitrogen and oxygen atoms in total. The van der Waals surface area contributed by atoms with Gasteiger partial charge in [-0.05, 0) is 70.2 Å². The van der Waals surface area contributed by atoms with Gasteiger partial charge in [0.1, 0.15) is 5.75 Å². The highest BCUT2D eigenvalue weighted by atomic mass is 79.9. The summed E-state index contributed by atoms with van der Waals surface area (Å²) in [5, 5.41) is 4.04. The van der Waals surface area contributed by atoms with E-state index >= 15 is 0 Å². The number of aryl methyl sites for hydroxylation is 1. The minimum absolute atomic E-state index is 0.176. The van der Waals surface area contributed by atoms with Crippen LogP contribution in [0.3, 0.4) is 0 Å². The first-order valence-electron chi connectivity index (χ1n) is 12.1. The number of benzene rings is 3. The van der Waals surface area contributed by atoms with Crippen LogP contribution in [0.5, 0.6) is 28.7 Å². The van der Waals surface area contributed by atoms with Gasteiger partial charge in [0.2, 0.25) is 5.75 Å². The molecule has 0 fully saturated rings. The summed E-state index contributed by atoms with van der Waals surface area (Å²) in [5.74, 6) is 0.937. The number of amides is 1. The number of carbonyl (C=O) groups is 2. The summed E-state index contributed by atoms with van der Waals surface area (Å²) in [4.78, 5) is 25.5. The molecule has 0 saturated heterocycles. The fourth-order valence-electron chi connectivity index (χ4n) is 3.73. The highest BCUT2D eigenvalue weighted by Crippen LogP contribution is 2.39. The lowest BCUT2D eigenvalue weighted by molar-refractivity contribution is -0.123. The average molecular weight is 678 g/mol. The van der Waals surface area contributed by atoms with E-state index in [1.807, 2.05) is 25.1 Å². The molecule has 0 aliphatic heterocycles. The monoisotopic (exact) mass is 676 g/mol. The number of carbonyl (C=O) groups excluding carboxylic acids is 2. The number of hydrogen-bond acceptors (Lipinski definition) is 8. The van der Waals surface area contributed by atoms with Gasteiger partial charge in [-0.1, -0.05) is 41.9 Å². The maximum atomic E-state index is 13.1. The molecule has 3 aromatic rings. The molecule has 1 amide bonds. The first-order chi connectivity index (χ1) is 19.1. The standard InChI is InChI=1S/C29H30Br2N2O7/c1-16(2)21-8-7-17(3)9-23(21)39-15-26(34)33-32-14-19-10-20(30)13-22(31)27(19)40-29(35)18-11-24(36-4)28(38-6)25(12-18)37-5/h7-14,16H,15H2,1-6H3,(H,33,34)/b32-14+. The molecular formula is C29H30Br2N2O7. The van der Waals surface area contributed by atoms with E-state index < -0.39 is 11.9 Å². The molecule has 0 aromatic heterocycles. The molecule has 0 radical (unpaired) electrons. The van der Waals surface area contributed by atoms with Crippen molar-refractivity contribution < 1.29 is 33.3 Å². The number of halogens is 2. The molecular weight excluding hydrogens is 648 g/mol. The van der Waals surface area contributed by atoms with Crippen LogP contribution in [0, 0.1) is 6.92 Å². The molecule has 212 valence electrons. The van der Waals surface area contributed by atoms with Gasteiger partial charge in [-0.15, -0.1) is 0 Å². The van der Waals surface area contributed by atoms with E-state index in [1.54, 1.807) is 12.1 Å². The normalized spacial score (nSPS) is 10.9. The second-order valence-corrected chi connectivity index (χ2v) is 10.7. The number of methoxy groups -OCH3 is 3. The Hall–Kier alpha value is -3.57. The molecule has 3 rings (SSSR count). The average Bonchev–Trinajstić information content (AvgIpc) is 2.92. The molecule has 0 saturated carbocycles. The van der Waals surface area contributed by atoms with Crippen molar-refractivity contribution in [1.82, 2.24) is 5.43 Å². The Morgan fingerprint density at radius 2 is 1.60 bits per heavy atom. The summed E-state index contributed by atoms with van der Waals surface area (Å²) in [5.41, 5.74) is 5.09. The van der Waals surface area contributed by atoms with Gasteiger partial charge in [-0.25, -0.2) is 10.2 Å². The SMILES string of the molecule is COc1cc(C(=O)Oc2c(Br)cc(Br)cc2/C=N/NC(=O)COc2cc(C)ccc2C(C)C)cc(OC)c1OC. The van der Waals surface area contributed by atoms with Gasteiger partial charge in [-0.2, -0.15) is 5.10 Å². The molecule has 0 heterocycles. The van der Waals surface area contributed by atoms with Crippen LogP contribution in [0.15, 0.2) is 56.5 Å². The number of hydrazone groups is 1. The van der Waals surface area contributed by atoms with Crippen molar-refractivity contribution in [2.75, 3.05) is 27.9 Å². The first kappa shape index (κ1) is 31.0. The zero-order valence-electron chi connectivity index (χ0n) is 23.0. The van der Waals surface area contributed by atoms with Crippen LogP contribution in [0.2, 0.25) is 0 Å². The van der Waals surface area contributed by atoms with Crippen LogP contribution >= 0.6 is 31.9 Å². The Bertz CT molecular complexity index is 1400. The predicted octanol–water partition coefficient (Wildman–Crippen LogP) is 6.42. The van der Waals surface area contributed by atoms with Crippen molar-refractivity contribution >= 4 is 50.0 Å². The second-order valence-electron chi connectivity index (χ2n) is 8.89. The lowest BCUT2D eigenvalue weighted by atomic mass is 10.0. The molecule has 0 aliphatic carbocycles. The van der Waals surface area contributed by atoms with Crippen LogP contribution in [-0.2, 0) is 4.79 Å². The largest absolute Gasteiger partial charge is 0.493 e. The summed E-state index contributed by atoms with van der Waals surface area (Å²) < 4.78 is 28.6. The van der Waals surface area contributed by atoms with E-state index in [4.69, 9.17) is 23.7 Å². The molecule has 0 atom stereocenters. The fraction of sp³-hybridized carbons (Fsp3) is 0.276. The van der Waals surface area contributed by atoms with Crippen LogP contribution in [-0.4, -0.2) is 46.0 Å². The lowest BCUT2D eigenvalue weighted by Gasteiger charge is -2.15. The number of nitrogens with zero attached hydrogens (tertiary/aromatic N) is 1. The molecule has 40 heavy (non-hydrogen) atoms. The summed E-state index contributed by atoms with van der Waals surface area (Å²) in [7, 11) is 4.38. The molecule has 3 aromatic carbocycles. The third-order valence-corrected chi connectivity index (χ3v) is 6.72. The Morgan fingerprint density at radius 3 is 2.20 bits per heavy atom. The van der Waals surface area contributed by atoms with Gasteiger partial charge in [0.05, 0.1) is 37.6 Å². The Labute approximate surface area is 250 Å². The number of nitrogens with one attached hydrogen (secondary N) is 1. The number of esters is 1. The van der Waals surface area contributed by atoms with E-state index in [9.17, 15) is 9.59 Å². The van der Waals surface area contributed by atoms with Crippen LogP contribution < -0.4 is 29.1 Å². The summed E-state index contributed by atoms with van der Waals surface area (Å²) in [6.07, 6.45) is 1.37. The summed E-state index contributed by atoms with van der Waals surface area (Å²) in [6, 6.07) is 12.3. The zero-order chi connectivity index (χ0) is 29.4. The first-order valence-corrected chi connectivity index (χ1v) is 13.7. The minimum Gasteiger partial charge on any atom is -0.493 e. The molecule has 11 heteroatoms. The maximum absolute atomic E-state index is 13.1. The van der Waals surface area contributed by atoms with Crippen molar-refractivity contribution in [1.29, 1.82) is 0 Å². The summed E-state index contributed by atoms with van der Waals surface area (Å²) in [6.45, 7) is 5.86. The fourth-order valence-corrected chi connectivity index (χ4v) is 5.07. The molecule has 1 N–H and O–H groups in total. The van der Waals surface area contributed by atoms with E-state index in [0.29, 0.717) is 37.5 Å². The quantitative estimate of drug-likeness (QED) is 0.108. The maximum Gasteiger partial charge on any atom is 0.343 e. The van der Waals surface area contributed by atoms with Gasteiger partial charge in [0.15, 0.2) is 23.9 Å². The van der Waals surface area contributed by atoms with Crippen LogP contribution in [0.25, 0.3) is 0 Å². The highest BCUT2D eigenvalue weighted by molar-refractivity contribution is 9.11. The smallest absolute Gasteiger partial charge is 0.343 e. The van der Waals surface area contributed by atoms with Crippen LogP contribution in [0.4, 0.5) is 0 Å². The molecule has 0 spiro atoms. The van der Waals surface area contributed by atoms with Crippen molar-refractivity contribution in [3.05, 3.63) is 73.7 Å². The zero-order valence-corrected chi connectivity index (χ0v) is 26.1. The molecule has 0 bridgehead atoms. The van der Waals surface area contributed by atoms with Crippen LogP contribution in [0.1, 0.15) is 46.8 Å². The van der Waals surface area contributed by atoms with Gasteiger partial charge >= 0.3 is 5.97 Å². The van der Waals surface area contributed by atoms with Gasteiger partial charge in [0, 0.05) is 10.0 Å². The van der Waals surface area contributed by atoms with Crippen molar-refractivity contribution in [2.24, 2.45) is 5.10 Å². The number of hydrogen-bond donors (Lipinski definition) is 1. The third kappa shape index (κ3) is 7.76. The minimum atomic E-state index is -0.673.